The highest BCUT2D eigenvalue weighted by molar-refractivity contribution is 8.18. The van der Waals surface area contributed by atoms with Gasteiger partial charge in [0.05, 0.1) is 17.7 Å². The number of hydrogen-bond donors (Lipinski definition) is 1. The fraction of sp³-hybridized carbons (Fsp3) is 0.0769. The number of carbonyl (C=O) groups is 1. The lowest BCUT2D eigenvalue weighted by Gasteiger charge is -2.05. The number of amides is 1. The summed E-state index contributed by atoms with van der Waals surface area (Å²) in [6, 6.07) is 23.4. The molecule has 0 bridgehead atoms. The third-order valence-corrected chi connectivity index (χ3v) is 6.49. The third kappa shape index (κ3) is 4.67. The molecule has 3 aromatic carbocycles. The maximum atomic E-state index is 12.6. The number of benzene rings is 3. The molecule has 1 aromatic heterocycles. The number of aromatic nitrogens is 1. The predicted octanol–water partition coefficient (Wildman–Crippen LogP) is 6.24. The van der Waals surface area contributed by atoms with Gasteiger partial charge in [-0.2, -0.15) is 0 Å². The number of hydrogen-bond acceptors (Lipinski definition) is 4. The number of aliphatic imine (C=N–C) groups is 1. The number of nitrogens with zero attached hydrogens (tertiary/aromatic N) is 2. The summed E-state index contributed by atoms with van der Waals surface area (Å²) in [5, 5.41) is 5.22. The molecule has 1 saturated heterocycles. The van der Waals surface area contributed by atoms with Crippen molar-refractivity contribution in [3.05, 3.63) is 100 Å². The molecule has 164 valence electrons. The second kappa shape index (κ2) is 9.17. The van der Waals surface area contributed by atoms with Gasteiger partial charge < -0.3 is 14.6 Å². The van der Waals surface area contributed by atoms with Gasteiger partial charge in [0.15, 0.2) is 5.17 Å². The maximum Gasteiger partial charge on any atom is 0.264 e. The van der Waals surface area contributed by atoms with Gasteiger partial charge in [0, 0.05) is 34.2 Å². The first kappa shape index (κ1) is 21.4. The molecule has 0 spiro atoms. The first-order valence-electron chi connectivity index (χ1n) is 10.3. The molecule has 1 fully saturated rings. The average Bonchev–Trinajstić information content (AvgIpc) is 3.35. The Morgan fingerprint density at radius 2 is 1.82 bits per heavy atom. The van der Waals surface area contributed by atoms with Crippen molar-refractivity contribution in [2.24, 2.45) is 4.99 Å². The van der Waals surface area contributed by atoms with Gasteiger partial charge in [0.2, 0.25) is 0 Å². The van der Waals surface area contributed by atoms with Crippen LogP contribution in [-0.2, 0) is 11.3 Å². The van der Waals surface area contributed by atoms with E-state index in [1.807, 2.05) is 66.7 Å². The van der Waals surface area contributed by atoms with Crippen LogP contribution in [0, 0.1) is 0 Å². The largest absolute Gasteiger partial charge is 0.497 e. The Kier molecular flexibility index (Phi) is 5.94. The molecule has 1 amide bonds. The van der Waals surface area contributed by atoms with Gasteiger partial charge in [-0.25, -0.2) is 4.99 Å². The number of rotatable bonds is 5. The van der Waals surface area contributed by atoms with E-state index in [9.17, 15) is 4.79 Å². The normalized spacial score (nSPS) is 16.0. The summed E-state index contributed by atoms with van der Waals surface area (Å²) < 4.78 is 7.37. The lowest BCUT2D eigenvalue weighted by molar-refractivity contribution is -0.115. The zero-order chi connectivity index (χ0) is 22.8. The molecule has 0 aliphatic carbocycles. The van der Waals surface area contributed by atoms with Crippen molar-refractivity contribution in [1.82, 2.24) is 9.88 Å². The molecule has 0 radical (unpaired) electrons. The monoisotopic (exact) mass is 473 g/mol. The van der Waals surface area contributed by atoms with Crippen LogP contribution in [0.3, 0.4) is 0 Å². The summed E-state index contributed by atoms with van der Waals surface area (Å²) >= 11 is 7.37. The Balaban J connectivity index is 1.44. The molecule has 5 nitrogen and oxygen atoms in total. The zero-order valence-corrected chi connectivity index (χ0v) is 19.4. The van der Waals surface area contributed by atoms with Crippen LogP contribution in [0.5, 0.6) is 5.75 Å². The highest BCUT2D eigenvalue weighted by atomic mass is 35.5. The molecule has 5 rings (SSSR count). The second-order valence-electron chi connectivity index (χ2n) is 7.54. The molecule has 2 heterocycles. The van der Waals surface area contributed by atoms with Crippen LogP contribution in [0.4, 0.5) is 5.69 Å². The Labute approximate surface area is 200 Å². The van der Waals surface area contributed by atoms with E-state index in [1.165, 1.54) is 11.8 Å². The van der Waals surface area contributed by atoms with Crippen molar-refractivity contribution in [2.45, 2.75) is 6.54 Å². The third-order valence-electron chi connectivity index (χ3n) is 5.33. The van der Waals surface area contributed by atoms with E-state index in [4.69, 9.17) is 16.3 Å². The highest BCUT2D eigenvalue weighted by Gasteiger charge is 2.24. The van der Waals surface area contributed by atoms with Gasteiger partial charge >= 0.3 is 0 Å². The topological polar surface area (TPSA) is 55.6 Å². The smallest absolute Gasteiger partial charge is 0.264 e. The minimum Gasteiger partial charge on any atom is -0.497 e. The number of amidine groups is 1. The van der Waals surface area contributed by atoms with E-state index in [-0.39, 0.29) is 5.91 Å². The SMILES string of the molecule is COc1ccc(N=C2NC(=O)C(=Cc3cn(Cc4ccc(Cl)cc4)c4ccccc34)S2)cc1. The van der Waals surface area contributed by atoms with Crippen molar-refractivity contribution in [2.75, 3.05) is 7.11 Å². The van der Waals surface area contributed by atoms with Gasteiger partial charge in [0.25, 0.3) is 5.91 Å². The molecule has 0 atom stereocenters. The maximum absolute atomic E-state index is 12.6. The number of thioether (sulfide) groups is 1. The van der Waals surface area contributed by atoms with E-state index in [0.717, 1.165) is 38.5 Å². The number of fused-ring (bicyclic) bond motifs is 1. The van der Waals surface area contributed by atoms with Crippen LogP contribution in [0.25, 0.3) is 17.0 Å². The molecular formula is C26H20ClN3O2S. The van der Waals surface area contributed by atoms with E-state index in [2.05, 4.69) is 33.2 Å². The fourth-order valence-electron chi connectivity index (χ4n) is 3.70. The molecule has 33 heavy (non-hydrogen) atoms. The quantitative estimate of drug-likeness (QED) is 0.349. The molecule has 1 N–H and O–H groups in total. The van der Waals surface area contributed by atoms with Crippen LogP contribution in [0.1, 0.15) is 11.1 Å². The van der Waals surface area contributed by atoms with Gasteiger partial charge in [-0.15, -0.1) is 0 Å². The molecule has 0 saturated carbocycles. The Bertz CT molecular complexity index is 1390. The van der Waals surface area contributed by atoms with E-state index < -0.39 is 0 Å². The van der Waals surface area contributed by atoms with Gasteiger partial charge in [-0.1, -0.05) is 41.9 Å². The molecule has 4 aromatic rings. The van der Waals surface area contributed by atoms with Crippen molar-refractivity contribution < 1.29 is 9.53 Å². The average molecular weight is 474 g/mol. The number of halogens is 1. The van der Waals surface area contributed by atoms with Gasteiger partial charge in [-0.3, -0.25) is 4.79 Å². The summed E-state index contributed by atoms with van der Waals surface area (Å²) in [5.41, 5.74) is 4.00. The van der Waals surface area contributed by atoms with Crippen LogP contribution >= 0.6 is 23.4 Å². The summed E-state index contributed by atoms with van der Waals surface area (Å²) in [4.78, 5) is 17.8. The lowest BCUT2D eigenvalue weighted by atomic mass is 10.1. The van der Waals surface area contributed by atoms with E-state index in [0.29, 0.717) is 16.6 Å². The number of ether oxygens (including phenoxy) is 1. The van der Waals surface area contributed by atoms with Crippen LogP contribution in [0.2, 0.25) is 5.02 Å². The highest BCUT2D eigenvalue weighted by Crippen LogP contribution is 2.31. The predicted molar refractivity (Wildman–Crippen MR) is 136 cm³/mol. The molecule has 1 aliphatic rings. The summed E-state index contributed by atoms with van der Waals surface area (Å²) in [6.07, 6.45) is 4.01. The summed E-state index contributed by atoms with van der Waals surface area (Å²) in [7, 11) is 1.62. The zero-order valence-electron chi connectivity index (χ0n) is 17.8. The molecule has 7 heteroatoms. The number of nitrogens with one attached hydrogen (secondary N) is 1. The molecule has 1 aliphatic heterocycles. The van der Waals surface area contributed by atoms with Crippen molar-refractivity contribution in [3.63, 3.8) is 0 Å². The minimum atomic E-state index is -0.151. The number of carbonyl (C=O) groups excluding carboxylic acids is 1. The Morgan fingerprint density at radius 1 is 1.06 bits per heavy atom. The minimum absolute atomic E-state index is 0.151. The number of para-hydroxylation sites is 1. The van der Waals surface area contributed by atoms with Crippen LogP contribution in [0.15, 0.2) is 88.9 Å². The number of methoxy groups -OCH3 is 1. The second-order valence-corrected chi connectivity index (χ2v) is 9.00. The summed E-state index contributed by atoms with van der Waals surface area (Å²) in [5.74, 6) is 0.611. The van der Waals surface area contributed by atoms with Crippen molar-refractivity contribution >= 4 is 57.1 Å². The van der Waals surface area contributed by atoms with Gasteiger partial charge in [0.1, 0.15) is 5.75 Å². The molecular weight excluding hydrogens is 454 g/mol. The Hall–Kier alpha value is -3.48. The lowest BCUT2D eigenvalue weighted by Crippen LogP contribution is -2.19. The van der Waals surface area contributed by atoms with Gasteiger partial charge in [-0.05, 0) is 65.9 Å². The first-order chi connectivity index (χ1) is 16.1. The van der Waals surface area contributed by atoms with Crippen molar-refractivity contribution in [1.29, 1.82) is 0 Å². The van der Waals surface area contributed by atoms with Crippen LogP contribution in [-0.4, -0.2) is 22.8 Å². The fourth-order valence-corrected chi connectivity index (χ4v) is 4.66. The summed E-state index contributed by atoms with van der Waals surface area (Å²) in [6.45, 7) is 0.713. The standard InChI is InChI=1S/C26H20ClN3O2S/c1-32-21-12-10-20(11-13-21)28-26-29-25(31)24(33-26)14-18-16-30(23-5-3-2-4-22(18)23)15-17-6-8-19(27)9-7-17/h2-14,16H,15H2,1H3,(H,28,29,31). The van der Waals surface area contributed by atoms with Crippen LogP contribution < -0.4 is 10.1 Å². The molecule has 0 unspecified atom stereocenters. The van der Waals surface area contributed by atoms with Crippen molar-refractivity contribution in [3.8, 4) is 5.75 Å². The first-order valence-corrected chi connectivity index (χ1v) is 11.5. The Morgan fingerprint density at radius 3 is 2.58 bits per heavy atom. The van der Waals surface area contributed by atoms with E-state index in [1.54, 1.807) is 7.11 Å². The van der Waals surface area contributed by atoms with E-state index >= 15 is 0 Å².